The predicted octanol–water partition coefficient (Wildman–Crippen LogP) is 1.19. The highest BCUT2D eigenvalue weighted by molar-refractivity contribution is 5.34. The Labute approximate surface area is 116 Å². The molecule has 108 valence electrons. The van der Waals surface area contributed by atoms with Gasteiger partial charge in [0.2, 0.25) is 11.9 Å². The van der Waals surface area contributed by atoms with E-state index >= 15 is 0 Å². The maximum absolute atomic E-state index is 5.37. The second-order valence-electron chi connectivity index (χ2n) is 4.01. The molecule has 0 aliphatic carbocycles. The van der Waals surface area contributed by atoms with E-state index in [1.165, 1.54) is 0 Å². The lowest BCUT2D eigenvalue weighted by molar-refractivity contribution is 0.292. The highest BCUT2D eigenvalue weighted by atomic mass is 16.5. The van der Waals surface area contributed by atoms with E-state index in [4.69, 9.17) is 15.0 Å². The molecule has 0 radical (unpaired) electrons. The second kappa shape index (κ2) is 7.29. The second-order valence-corrected chi connectivity index (χ2v) is 4.01. The van der Waals surface area contributed by atoms with E-state index < -0.39 is 0 Å². The summed E-state index contributed by atoms with van der Waals surface area (Å²) in [5.41, 5.74) is 2.39. The van der Waals surface area contributed by atoms with Gasteiger partial charge in [-0.25, -0.2) is 5.84 Å². The number of anilines is 2. The molecule has 0 saturated heterocycles. The fraction of sp³-hybridized carbons (Fsp3) is 0.417. The largest absolute Gasteiger partial charge is 0.469 e. The molecule has 0 amide bonds. The first-order valence-corrected chi connectivity index (χ1v) is 6.43. The molecule has 0 atom stereocenters. The maximum Gasteiger partial charge on any atom is 0.323 e. The summed E-state index contributed by atoms with van der Waals surface area (Å²) in [5.74, 6) is 6.88. The van der Waals surface area contributed by atoms with Crippen LogP contribution in [0.15, 0.2) is 22.8 Å². The van der Waals surface area contributed by atoms with Gasteiger partial charge in [0.05, 0.1) is 12.9 Å². The highest BCUT2D eigenvalue weighted by Crippen LogP contribution is 2.11. The Kier molecular flexibility index (Phi) is 5.13. The molecule has 0 fully saturated rings. The normalized spacial score (nSPS) is 10.3. The van der Waals surface area contributed by atoms with E-state index in [9.17, 15) is 0 Å². The lowest BCUT2D eigenvalue weighted by Crippen LogP contribution is -2.15. The maximum atomic E-state index is 5.37. The Hall–Kier alpha value is -2.35. The van der Waals surface area contributed by atoms with Crippen molar-refractivity contribution in [3.8, 4) is 6.01 Å². The fourth-order valence-corrected chi connectivity index (χ4v) is 1.51. The topological polar surface area (TPSA) is 111 Å². The van der Waals surface area contributed by atoms with E-state index in [1.807, 2.05) is 19.1 Å². The minimum atomic E-state index is 0.246. The molecule has 4 N–H and O–H groups in total. The standard InChI is InChI=1S/C12H18N6O2/c1-2-7-20-12-16-10(15-11(17-12)18-13)14-6-5-9-4-3-8-19-9/h3-4,8H,2,5-7,13H2,1H3,(H2,14,15,16,17,18). The molecule has 0 unspecified atom stereocenters. The van der Waals surface area contributed by atoms with Gasteiger partial charge in [0.15, 0.2) is 0 Å². The van der Waals surface area contributed by atoms with Gasteiger partial charge in [-0.05, 0) is 18.6 Å². The van der Waals surface area contributed by atoms with Crippen LogP contribution in [0.1, 0.15) is 19.1 Å². The summed E-state index contributed by atoms with van der Waals surface area (Å²) < 4.78 is 10.6. The van der Waals surface area contributed by atoms with Crippen LogP contribution in [0.5, 0.6) is 6.01 Å². The summed E-state index contributed by atoms with van der Waals surface area (Å²) >= 11 is 0. The van der Waals surface area contributed by atoms with Gasteiger partial charge in [-0.15, -0.1) is 0 Å². The zero-order valence-corrected chi connectivity index (χ0v) is 11.3. The van der Waals surface area contributed by atoms with Crippen LogP contribution in [0.3, 0.4) is 0 Å². The molecule has 8 heteroatoms. The van der Waals surface area contributed by atoms with Crippen LogP contribution >= 0.6 is 0 Å². The van der Waals surface area contributed by atoms with E-state index in [2.05, 4.69) is 25.7 Å². The zero-order chi connectivity index (χ0) is 14.2. The molecule has 0 spiro atoms. The molecular weight excluding hydrogens is 260 g/mol. The quantitative estimate of drug-likeness (QED) is 0.488. The molecule has 0 aromatic carbocycles. The number of hydrogen-bond acceptors (Lipinski definition) is 8. The summed E-state index contributed by atoms with van der Waals surface area (Å²) in [6.45, 7) is 3.18. The van der Waals surface area contributed by atoms with Gasteiger partial charge in [0.25, 0.3) is 0 Å². The van der Waals surface area contributed by atoms with Gasteiger partial charge in [-0.3, -0.25) is 5.43 Å². The molecule has 2 aromatic heterocycles. The van der Waals surface area contributed by atoms with Gasteiger partial charge in [0.1, 0.15) is 5.76 Å². The number of furan rings is 1. The number of rotatable bonds is 8. The minimum Gasteiger partial charge on any atom is -0.469 e. The van der Waals surface area contributed by atoms with Crippen molar-refractivity contribution in [1.29, 1.82) is 0 Å². The minimum absolute atomic E-state index is 0.246. The van der Waals surface area contributed by atoms with Crippen LogP contribution in [0.4, 0.5) is 11.9 Å². The lowest BCUT2D eigenvalue weighted by atomic mass is 10.3. The van der Waals surface area contributed by atoms with Crippen molar-refractivity contribution in [2.45, 2.75) is 19.8 Å². The number of nitrogens with two attached hydrogens (primary N) is 1. The molecule has 20 heavy (non-hydrogen) atoms. The fourth-order valence-electron chi connectivity index (χ4n) is 1.51. The number of hydrazine groups is 1. The van der Waals surface area contributed by atoms with Crippen LogP contribution in [0, 0.1) is 0 Å². The molecule has 0 bridgehead atoms. The average Bonchev–Trinajstić information content (AvgIpc) is 2.98. The zero-order valence-electron chi connectivity index (χ0n) is 11.3. The van der Waals surface area contributed by atoms with Crippen molar-refractivity contribution in [2.75, 3.05) is 23.9 Å². The third-order valence-electron chi connectivity index (χ3n) is 2.41. The van der Waals surface area contributed by atoms with Crippen molar-refractivity contribution in [2.24, 2.45) is 5.84 Å². The molecule has 0 aliphatic rings. The molecule has 0 aliphatic heterocycles. The van der Waals surface area contributed by atoms with Crippen LogP contribution in [-0.2, 0) is 6.42 Å². The van der Waals surface area contributed by atoms with Crippen molar-refractivity contribution in [3.05, 3.63) is 24.2 Å². The van der Waals surface area contributed by atoms with Crippen molar-refractivity contribution in [3.63, 3.8) is 0 Å². The first-order chi connectivity index (χ1) is 9.81. The Balaban J connectivity index is 1.94. The Morgan fingerprint density at radius 3 is 2.85 bits per heavy atom. The number of nitrogen functional groups attached to an aromatic ring is 1. The molecular formula is C12H18N6O2. The SMILES string of the molecule is CCCOc1nc(NN)nc(NCCc2ccco2)n1. The summed E-state index contributed by atoms with van der Waals surface area (Å²) in [6, 6.07) is 4.01. The van der Waals surface area contributed by atoms with E-state index in [1.54, 1.807) is 6.26 Å². The van der Waals surface area contributed by atoms with Crippen molar-refractivity contribution >= 4 is 11.9 Å². The van der Waals surface area contributed by atoms with Gasteiger partial charge >= 0.3 is 6.01 Å². The van der Waals surface area contributed by atoms with Gasteiger partial charge in [-0.2, -0.15) is 15.0 Å². The van der Waals surface area contributed by atoms with Crippen molar-refractivity contribution in [1.82, 2.24) is 15.0 Å². The summed E-state index contributed by atoms with van der Waals surface area (Å²) in [5, 5.41) is 3.08. The first kappa shape index (κ1) is 14.1. The van der Waals surface area contributed by atoms with Crippen LogP contribution in [-0.4, -0.2) is 28.1 Å². The first-order valence-electron chi connectivity index (χ1n) is 6.43. The Bertz CT molecular complexity index is 517. The summed E-state index contributed by atoms with van der Waals surface area (Å²) in [7, 11) is 0. The Morgan fingerprint density at radius 2 is 2.15 bits per heavy atom. The predicted molar refractivity (Wildman–Crippen MR) is 74.3 cm³/mol. The number of hydrogen-bond donors (Lipinski definition) is 3. The van der Waals surface area contributed by atoms with Gasteiger partial charge < -0.3 is 14.5 Å². The van der Waals surface area contributed by atoms with Gasteiger partial charge in [0, 0.05) is 13.0 Å². The molecule has 2 heterocycles. The van der Waals surface area contributed by atoms with E-state index in [0.717, 1.165) is 18.6 Å². The van der Waals surface area contributed by atoms with Crippen LogP contribution in [0.2, 0.25) is 0 Å². The molecule has 0 saturated carbocycles. The van der Waals surface area contributed by atoms with E-state index in [-0.39, 0.29) is 12.0 Å². The molecule has 8 nitrogen and oxygen atoms in total. The smallest absolute Gasteiger partial charge is 0.323 e. The number of nitrogens with zero attached hydrogens (tertiary/aromatic N) is 3. The number of aromatic nitrogens is 3. The summed E-state index contributed by atoms with van der Waals surface area (Å²) in [4.78, 5) is 12.3. The molecule has 2 aromatic rings. The Morgan fingerprint density at radius 1 is 1.30 bits per heavy atom. The van der Waals surface area contributed by atoms with Crippen LogP contribution in [0.25, 0.3) is 0 Å². The monoisotopic (exact) mass is 278 g/mol. The lowest BCUT2D eigenvalue weighted by Gasteiger charge is -2.08. The summed E-state index contributed by atoms with van der Waals surface area (Å²) in [6.07, 6.45) is 3.25. The van der Waals surface area contributed by atoms with Crippen molar-refractivity contribution < 1.29 is 9.15 Å². The average molecular weight is 278 g/mol. The third kappa shape index (κ3) is 4.09. The number of nitrogens with one attached hydrogen (secondary N) is 2. The molecule has 2 rings (SSSR count). The third-order valence-corrected chi connectivity index (χ3v) is 2.41. The van der Waals surface area contributed by atoms with Gasteiger partial charge in [-0.1, -0.05) is 6.92 Å². The highest BCUT2D eigenvalue weighted by Gasteiger charge is 2.06. The number of ether oxygens (including phenoxy) is 1. The van der Waals surface area contributed by atoms with Crippen LogP contribution < -0.4 is 21.3 Å². The van der Waals surface area contributed by atoms with E-state index in [0.29, 0.717) is 19.1 Å².